The van der Waals surface area contributed by atoms with E-state index in [1.54, 1.807) is 0 Å². The van der Waals surface area contributed by atoms with Crippen LogP contribution in [0.15, 0.2) is 24.3 Å². The molecule has 1 aromatic rings. The third-order valence-corrected chi connectivity index (χ3v) is 3.71. The average Bonchev–Trinajstić information content (AvgIpc) is 2.38. The minimum Gasteiger partial charge on any atom is -0.388 e. The van der Waals surface area contributed by atoms with E-state index < -0.39 is 0 Å². The van der Waals surface area contributed by atoms with Gasteiger partial charge in [-0.15, -0.1) is 0 Å². The van der Waals surface area contributed by atoms with Gasteiger partial charge in [0.05, 0.1) is 6.10 Å². The lowest BCUT2D eigenvalue weighted by atomic mass is 9.87. The van der Waals surface area contributed by atoms with Crippen molar-refractivity contribution in [1.82, 2.24) is 0 Å². The van der Waals surface area contributed by atoms with Gasteiger partial charge in [-0.1, -0.05) is 64.8 Å². The standard InChI is InChI=1S/C17H28O/c1-5-7-15(8-6-2)17(18)16-11-9-14(10-12-16)13(3)4/h9-13,15,17-18H,5-8H2,1-4H3. The molecule has 0 aliphatic heterocycles. The second-order valence-corrected chi connectivity index (χ2v) is 5.60. The molecule has 1 heteroatoms. The third-order valence-electron chi connectivity index (χ3n) is 3.71. The minimum absolute atomic E-state index is 0.300. The Hall–Kier alpha value is -0.820. The molecule has 1 nitrogen and oxygen atoms in total. The fourth-order valence-electron chi connectivity index (χ4n) is 2.55. The van der Waals surface area contributed by atoms with Gasteiger partial charge in [-0.25, -0.2) is 0 Å². The molecule has 0 bridgehead atoms. The van der Waals surface area contributed by atoms with Crippen molar-refractivity contribution >= 4 is 0 Å². The molecule has 0 fully saturated rings. The molecule has 1 N–H and O–H groups in total. The highest BCUT2D eigenvalue weighted by molar-refractivity contribution is 5.26. The first-order valence-corrected chi connectivity index (χ1v) is 7.38. The number of aliphatic hydroxyl groups excluding tert-OH is 1. The molecule has 0 aliphatic rings. The smallest absolute Gasteiger partial charge is 0.0818 e. The highest BCUT2D eigenvalue weighted by atomic mass is 16.3. The summed E-state index contributed by atoms with van der Waals surface area (Å²) >= 11 is 0. The van der Waals surface area contributed by atoms with Crippen LogP contribution in [-0.2, 0) is 0 Å². The molecule has 18 heavy (non-hydrogen) atoms. The van der Waals surface area contributed by atoms with Gasteiger partial charge >= 0.3 is 0 Å². The highest BCUT2D eigenvalue weighted by Crippen LogP contribution is 2.30. The maximum atomic E-state index is 10.5. The van der Waals surface area contributed by atoms with Crippen LogP contribution in [0.4, 0.5) is 0 Å². The summed E-state index contributed by atoms with van der Waals surface area (Å²) in [5.41, 5.74) is 2.42. The van der Waals surface area contributed by atoms with Crippen LogP contribution in [0.1, 0.15) is 76.5 Å². The van der Waals surface area contributed by atoms with Gasteiger partial charge in [-0.3, -0.25) is 0 Å². The lowest BCUT2D eigenvalue weighted by Crippen LogP contribution is -2.12. The maximum Gasteiger partial charge on any atom is 0.0818 e. The first-order valence-electron chi connectivity index (χ1n) is 7.38. The molecule has 0 saturated carbocycles. The number of benzene rings is 1. The van der Waals surface area contributed by atoms with E-state index in [0.717, 1.165) is 31.2 Å². The highest BCUT2D eigenvalue weighted by Gasteiger charge is 2.19. The zero-order valence-electron chi connectivity index (χ0n) is 12.3. The van der Waals surface area contributed by atoms with E-state index in [1.807, 2.05) is 0 Å². The third kappa shape index (κ3) is 4.13. The van der Waals surface area contributed by atoms with Gasteiger partial charge in [0, 0.05) is 0 Å². The van der Waals surface area contributed by atoms with Crippen molar-refractivity contribution in [3.8, 4) is 0 Å². The molecule has 0 aromatic heterocycles. The average molecular weight is 248 g/mol. The summed E-state index contributed by atoms with van der Waals surface area (Å²) in [5, 5.41) is 10.5. The first kappa shape index (κ1) is 15.2. The number of rotatable bonds is 7. The first-order chi connectivity index (χ1) is 8.60. The minimum atomic E-state index is -0.300. The van der Waals surface area contributed by atoms with E-state index in [2.05, 4.69) is 52.0 Å². The van der Waals surface area contributed by atoms with Crippen molar-refractivity contribution in [2.45, 2.75) is 65.4 Å². The Balaban J connectivity index is 2.77. The van der Waals surface area contributed by atoms with E-state index in [0.29, 0.717) is 11.8 Å². The summed E-state index contributed by atoms with van der Waals surface area (Å²) < 4.78 is 0. The van der Waals surface area contributed by atoms with Crippen LogP contribution in [0.5, 0.6) is 0 Å². The Morgan fingerprint density at radius 2 is 1.33 bits per heavy atom. The van der Waals surface area contributed by atoms with Crippen LogP contribution in [0.3, 0.4) is 0 Å². The molecule has 0 spiro atoms. The second-order valence-electron chi connectivity index (χ2n) is 5.60. The van der Waals surface area contributed by atoms with Crippen molar-refractivity contribution in [3.63, 3.8) is 0 Å². The summed E-state index contributed by atoms with van der Waals surface area (Å²) in [5.74, 6) is 0.961. The van der Waals surface area contributed by atoms with Gasteiger partial charge < -0.3 is 5.11 Å². The molecule has 1 rings (SSSR count). The Kier molecular flexibility index (Phi) is 6.42. The largest absolute Gasteiger partial charge is 0.388 e. The van der Waals surface area contributed by atoms with E-state index >= 15 is 0 Å². The molecule has 0 heterocycles. The SMILES string of the molecule is CCCC(CCC)C(O)c1ccc(C(C)C)cc1. The predicted molar refractivity (Wildman–Crippen MR) is 78.8 cm³/mol. The van der Waals surface area contributed by atoms with Crippen LogP contribution in [0, 0.1) is 5.92 Å². The Labute approximate surface area is 112 Å². The zero-order chi connectivity index (χ0) is 13.5. The fourth-order valence-corrected chi connectivity index (χ4v) is 2.55. The van der Waals surface area contributed by atoms with Crippen LogP contribution < -0.4 is 0 Å². The molecule has 102 valence electrons. The maximum absolute atomic E-state index is 10.5. The van der Waals surface area contributed by atoms with E-state index in [9.17, 15) is 5.11 Å². The van der Waals surface area contributed by atoms with E-state index in [1.165, 1.54) is 5.56 Å². The molecule has 0 amide bonds. The van der Waals surface area contributed by atoms with Crippen LogP contribution in [0.25, 0.3) is 0 Å². The van der Waals surface area contributed by atoms with Gasteiger partial charge in [-0.2, -0.15) is 0 Å². The molecule has 1 unspecified atom stereocenters. The summed E-state index contributed by atoms with van der Waals surface area (Å²) in [6.45, 7) is 8.78. The fraction of sp³-hybridized carbons (Fsp3) is 0.647. The topological polar surface area (TPSA) is 20.2 Å². The Morgan fingerprint density at radius 1 is 0.889 bits per heavy atom. The van der Waals surface area contributed by atoms with Gasteiger partial charge in [0.15, 0.2) is 0 Å². The Bertz CT molecular complexity index is 320. The van der Waals surface area contributed by atoms with Gasteiger partial charge in [0.1, 0.15) is 0 Å². The van der Waals surface area contributed by atoms with E-state index in [-0.39, 0.29) is 6.10 Å². The molecule has 0 radical (unpaired) electrons. The lowest BCUT2D eigenvalue weighted by Gasteiger charge is -2.23. The van der Waals surface area contributed by atoms with Crippen LogP contribution >= 0.6 is 0 Å². The van der Waals surface area contributed by atoms with Crippen LogP contribution in [-0.4, -0.2) is 5.11 Å². The molecule has 0 aliphatic carbocycles. The summed E-state index contributed by atoms with van der Waals surface area (Å²) in [6.07, 6.45) is 4.21. The predicted octanol–water partition coefficient (Wildman–Crippen LogP) is 5.06. The normalized spacial score (nSPS) is 13.3. The summed E-state index contributed by atoms with van der Waals surface area (Å²) in [6, 6.07) is 8.49. The van der Waals surface area contributed by atoms with Crippen molar-refractivity contribution in [2.75, 3.05) is 0 Å². The summed E-state index contributed by atoms with van der Waals surface area (Å²) in [7, 11) is 0. The second kappa shape index (κ2) is 7.58. The van der Waals surface area contributed by atoms with Crippen molar-refractivity contribution in [1.29, 1.82) is 0 Å². The monoisotopic (exact) mass is 248 g/mol. The van der Waals surface area contributed by atoms with Crippen molar-refractivity contribution in [3.05, 3.63) is 35.4 Å². The van der Waals surface area contributed by atoms with Gasteiger partial charge in [0.25, 0.3) is 0 Å². The number of hydrogen-bond donors (Lipinski definition) is 1. The lowest BCUT2D eigenvalue weighted by molar-refractivity contribution is 0.0964. The van der Waals surface area contributed by atoms with Gasteiger partial charge in [0.2, 0.25) is 0 Å². The Morgan fingerprint density at radius 3 is 1.72 bits per heavy atom. The van der Waals surface area contributed by atoms with Crippen molar-refractivity contribution < 1.29 is 5.11 Å². The molecule has 1 atom stereocenters. The molecular formula is C17H28O. The molecule has 0 saturated heterocycles. The van der Waals surface area contributed by atoms with E-state index in [4.69, 9.17) is 0 Å². The number of aliphatic hydroxyl groups is 1. The zero-order valence-corrected chi connectivity index (χ0v) is 12.3. The molecular weight excluding hydrogens is 220 g/mol. The van der Waals surface area contributed by atoms with Crippen molar-refractivity contribution in [2.24, 2.45) is 5.92 Å². The molecule has 1 aromatic carbocycles. The summed E-state index contributed by atoms with van der Waals surface area (Å²) in [4.78, 5) is 0. The quantitative estimate of drug-likeness (QED) is 0.715. The van der Waals surface area contributed by atoms with Gasteiger partial charge in [-0.05, 0) is 35.8 Å². The van der Waals surface area contributed by atoms with Crippen LogP contribution in [0.2, 0.25) is 0 Å². The number of hydrogen-bond acceptors (Lipinski definition) is 1.